The number of benzene rings is 2. The van der Waals surface area contributed by atoms with Gasteiger partial charge in [0.25, 0.3) is 5.56 Å². The summed E-state index contributed by atoms with van der Waals surface area (Å²) in [6, 6.07) is 11.4. The Bertz CT molecular complexity index is 1240. The predicted octanol–water partition coefficient (Wildman–Crippen LogP) is 4.25. The molecule has 33 heavy (non-hydrogen) atoms. The van der Waals surface area contributed by atoms with Crippen LogP contribution in [0.15, 0.2) is 65.1 Å². The van der Waals surface area contributed by atoms with Gasteiger partial charge in [0.2, 0.25) is 5.91 Å². The number of hydrogen-bond donors (Lipinski definition) is 2. The minimum Gasteiger partial charge on any atom is -0.493 e. The predicted molar refractivity (Wildman–Crippen MR) is 125 cm³/mol. The smallest absolute Gasteiger partial charge is 0.257 e. The van der Waals surface area contributed by atoms with Crippen molar-refractivity contribution >= 4 is 23.5 Å². The maximum atomic E-state index is 13.1. The Morgan fingerprint density at radius 3 is 2.73 bits per heavy atom. The Kier molecular flexibility index (Phi) is 6.79. The van der Waals surface area contributed by atoms with Crippen molar-refractivity contribution in [3.8, 4) is 11.5 Å². The maximum Gasteiger partial charge on any atom is 0.257 e. The molecule has 1 atom stereocenters. The lowest BCUT2D eigenvalue weighted by Gasteiger charge is -2.25. The number of carbonyl (C=O) groups excluding carboxylic acids is 1. The molecule has 0 saturated carbocycles. The Hall–Kier alpha value is -3.59. The molecule has 2 N–H and O–H groups in total. The summed E-state index contributed by atoms with van der Waals surface area (Å²) in [5, 5.41) is 3.08. The molecule has 0 unspecified atom stereocenters. The van der Waals surface area contributed by atoms with Gasteiger partial charge in [0.05, 0.1) is 12.7 Å². The number of amides is 1. The van der Waals surface area contributed by atoms with E-state index in [4.69, 9.17) is 9.47 Å². The summed E-state index contributed by atoms with van der Waals surface area (Å²) < 4.78 is 24.1. The lowest BCUT2D eigenvalue weighted by molar-refractivity contribution is -0.116. The van der Waals surface area contributed by atoms with Gasteiger partial charge < -0.3 is 19.8 Å². The fraction of sp³-hybridized carbons (Fsp3) is 0.208. The number of nitrogens with one attached hydrogen (secondary N) is 2. The number of fused-ring (bicyclic) bond motifs is 1. The van der Waals surface area contributed by atoms with E-state index in [0.717, 1.165) is 11.1 Å². The number of halogens is 1. The van der Waals surface area contributed by atoms with E-state index in [1.54, 1.807) is 30.3 Å². The summed E-state index contributed by atoms with van der Waals surface area (Å²) in [5.41, 5.74) is 1.70. The monoisotopic (exact) mass is 467 g/mol. The van der Waals surface area contributed by atoms with Gasteiger partial charge >= 0.3 is 0 Å². The molecule has 4 rings (SSSR count). The second kappa shape index (κ2) is 9.91. The van der Waals surface area contributed by atoms with Crippen molar-refractivity contribution in [2.24, 2.45) is 0 Å². The highest BCUT2D eigenvalue weighted by molar-refractivity contribution is 7.98. The molecule has 7 nitrogen and oxygen atoms in total. The van der Waals surface area contributed by atoms with Crippen molar-refractivity contribution in [1.29, 1.82) is 0 Å². The van der Waals surface area contributed by atoms with E-state index in [1.807, 2.05) is 6.07 Å². The molecular formula is C24H22FN3O4S. The number of ether oxygens (including phenoxy) is 2. The van der Waals surface area contributed by atoms with Crippen LogP contribution in [0.25, 0.3) is 0 Å². The zero-order valence-electron chi connectivity index (χ0n) is 17.9. The first-order chi connectivity index (χ1) is 16.0. The molecule has 1 amide bonds. The number of rotatable bonds is 8. The van der Waals surface area contributed by atoms with Gasteiger partial charge in [0.15, 0.2) is 16.7 Å². The molecule has 0 spiro atoms. The van der Waals surface area contributed by atoms with Crippen molar-refractivity contribution in [2.75, 3.05) is 19.0 Å². The number of aromatic nitrogens is 2. The lowest BCUT2D eigenvalue weighted by Crippen LogP contribution is -2.31. The minimum absolute atomic E-state index is 0.107. The number of H-pyrrole nitrogens is 1. The fourth-order valence-corrected chi connectivity index (χ4v) is 4.42. The molecule has 1 aromatic heterocycles. The third kappa shape index (κ3) is 5.09. The van der Waals surface area contributed by atoms with Crippen LogP contribution in [0.2, 0.25) is 0 Å². The zero-order chi connectivity index (χ0) is 23.4. The van der Waals surface area contributed by atoms with E-state index in [9.17, 15) is 14.0 Å². The summed E-state index contributed by atoms with van der Waals surface area (Å²) in [4.78, 5) is 32.7. The normalized spacial score (nSPS) is 14.8. The molecular weight excluding hydrogens is 445 g/mol. The summed E-state index contributed by atoms with van der Waals surface area (Å²) in [5.74, 6) is 0.749. The molecule has 0 aliphatic carbocycles. The van der Waals surface area contributed by atoms with Gasteiger partial charge in [-0.15, -0.1) is 0 Å². The Morgan fingerprint density at radius 2 is 2.00 bits per heavy atom. The van der Waals surface area contributed by atoms with E-state index in [1.165, 1.54) is 31.0 Å². The highest BCUT2D eigenvalue weighted by Gasteiger charge is 2.31. The number of carbonyl (C=O) groups is 1. The third-order valence-electron chi connectivity index (χ3n) is 5.16. The summed E-state index contributed by atoms with van der Waals surface area (Å²) in [6.45, 7) is 3.96. The van der Waals surface area contributed by atoms with Gasteiger partial charge in [0, 0.05) is 18.1 Å². The van der Waals surface area contributed by atoms with E-state index >= 15 is 0 Å². The van der Waals surface area contributed by atoms with Crippen LogP contribution in [0, 0.1) is 5.82 Å². The van der Waals surface area contributed by atoms with Gasteiger partial charge in [-0.2, -0.15) is 0 Å². The minimum atomic E-state index is -0.483. The van der Waals surface area contributed by atoms with E-state index < -0.39 is 5.92 Å². The standard InChI is InChI=1S/C24H22FN3O4S/c1-3-10-32-18-9-6-15(11-19(18)31-2)17-12-20(29)26-22-21(17)23(30)28-24(27-22)33-13-14-4-7-16(25)8-5-14/h3-9,11,17H,1,10,12-13H2,2H3,(H2,26,27,28,29,30)/t17-/m1/s1. The van der Waals surface area contributed by atoms with E-state index in [-0.39, 0.29) is 29.5 Å². The van der Waals surface area contributed by atoms with Crippen molar-refractivity contribution < 1.29 is 18.7 Å². The van der Waals surface area contributed by atoms with Crippen LogP contribution >= 0.6 is 11.8 Å². The number of aromatic amines is 1. The number of methoxy groups -OCH3 is 1. The fourth-order valence-electron chi connectivity index (χ4n) is 3.60. The number of nitrogens with zero attached hydrogens (tertiary/aromatic N) is 1. The maximum absolute atomic E-state index is 13.1. The summed E-state index contributed by atoms with van der Waals surface area (Å²) in [7, 11) is 1.53. The van der Waals surface area contributed by atoms with Crippen LogP contribution in [0.3, 0.4) is 0 Å². The van der Waals surface area contributed by atoms with Gasteiger partial charge in [-0.1, -0.05) is 42.6 Å². The third-order valence-corrected chi connectivity index (χ3v) is 6.11. The molecule has 1 aliphatic heterocycles. The molecule has 3 aromatic rings. The molecule has 2 heterocycles. The van der Waals surface area contributed by atoms with Crippen LogP contribution < -0.4 is 20.3 Å². The molecule has 0 fully saturated rings. The Labute approximate surface area is 194 Å². The molecule has 0 bridgehead atoms. The van der Waals surface area contributed by atoms with Crippen molar-refractivity contribution in [3.05, 3.63) is 88.0 Å². The highest BCUT2D eigenvalue weighted by atomic mass is 32.2. The Balaban J connectivity index is 1.63. The van der Waals surface area contributed by atoms with E-state index in [0.29, 0.717) is 34.6 Å². The molecule has 0 saturated heterocycles. The van der Waals surface area contributed by atoms with Gasteiger partial charge in [-0.05, 0) is 35.4 Å². The first-order valence-corrected chi connectivity index (χ1v) is 11.2. The number of anilines is 1. The van der Waals surface area contributed by atoms with Crippen LogP contribution in [-0.4, -0.2) is 29.6 Å². The Morgan fingerprint density at radius 1 is 1.21 bits per heavy atom. The van der Waals surface area contributed by atoms with Gasteiger partial charge in [-0.3, -0.25) is 9.59 Å². The quantitative estimate of drug-likeness (QED) is 0.292. The van der Waals surface area contributed by atoms with Crippen molar-refractivity contribution in [3.63, 3.8) is 0 Å². The second-order valence-electron chi connectivity index (χ2n) is 7.36. The average Bonchev–Trinajstić information content (AvgIpc) is 2.81. The summed E-state index contributed by atoms with van der Waals surface area (Å²) in [6.07, 6.45) is 1.74. The average molecular weight is 468 g/mol. The van der Waals surface area contributed by atoms with Crippen LogP contribution in [-0.2, 0) is 10.5 Å². The van der Waals surface area contributed by atoms with Crippen LogP contribution in [0.4, 0.5) is 10.2 Å². The molecule has 9 heteroatoms. The molecule has 2 aromatic carbocycles. The highest BCUT2D eigenvalue weighted by Crippen LogP contribution is 2.38. The topological polar surface area (TPSA) is 93.3 Å². The zero-order valence-corrected chi connectivity index (χ0v) is 18.7. The molecule has 170 valence electrons. The lowest BCUT2D eigenvalue weighted by atomic mass is 9.86. The van der Waals surface area contributed by atoms with Crippen molar-refractivity contribution in [1.82, 2.24) is 9.97 Å². The number of hydrogen-bond acceptors (Lipinski definition) is 6. The second-order valence-corrected chi connectivity index (χ2v) is 8.33. The van der Waals surface area contributed by atoms with Gasteiger partial charge in [-0.25, -0.2) is 9.37 Å². The summed E-state index contributed by atoms with van der Waals surface area (Å²) >= 11 is 1.30. The van der Waals surface area contributed by atoms with Crippen molar-refractivity contribution in [2.45, 2.75) is 23.2 Å². The first kappa shape index (κ1) is 22.6. The first-order valence-electron chi connectivity index (χ1n) is 10.2. The molecule has 0 radical (unpaired) electrons. The number of thioether (sulfide) groups is 1. The van der Waals surface area contributed by atoms with E-state index in [2.05, 4.69) is 21.9 Å². The molecule has 1 aliphatic rings. The SMILES string of the molecule is C=CCOc1ccc([C@H]2CC(=O)Nc3nc(SCc4ccc(F)cc4)[nH]c(=O)c32)cc1OC. The van der Waals surface area contributed by atoms with Crippen LogP contribution in [0.5, 0.6) is 11.5 Å². The van der Waals surface area contributed by atoms with Crippen LogP contribution in [0.1, 0.15) is 29.0 Å². The van der Waals surface area contributed by atoms with Gasteiger partial charge in [0.1, 0.15) is 18.2 Å². The largest absolute Gasteiger partial charge is 0.493 e.